The summed E-state index contributed by atoms with van der Waals surface area (Å²) in [6.45, 7) is 5.57. The van der Waals surface area contributed by atoms with Gasteiger partial charge in [0.1, 0.15) is 17.4 Å². The van der Waals surface area contributed by atoms with Gasteiger partial charge in [-0.1, -0.05) is 55.5 Å². The van der Waals surface area contributed by atoms with Crippen molar-refractivity contribution in [1.29, 1.82) is 0 Å². The molecule has 156 valence electrons. The van der Waals surface area contributed by atoms with E-state index in [1.165, 1.54) is 23.3 Å². The topological polar surface area (TPSA) is 30.5 Å². The van der Waals surface area contributed by atoms with Gasteiger partial charge in [-0.05, 0) is 60.4 Å². The molecular weight excluding hydrogens is 397 g/mol. The van der Waals surface area contributed by atoms with Gasteiger partial charge in [-0.25, -0.2) is 4.39 Å². The number of aryl methyl sites for hydroxylation is 1. The highest BCUT2D eigenvalue weighted by molar-refractivity contribution is 7.80. The molecule has 3 nitrogen and oxygen atoms in total. The number of thiocarbonyl (C=S) groups is 1. The Kier molecular flexibility index (Phi) is 7.80. The molecule has 0 bridgehead atoms. The molecule has 0 heterocycles. The highest BCUT2D eigenvalue weighted by Gasteiger charge is 2.10. The third-order valence-electron chi connectivity index (χ3n) is 4.70. The Hall–Kier alpha value is -2.92. The molecule has 30 heavy (non-hydrogen) atoms. The van der Waals surface area contributed by atoms with Crippen molar-refractivity contribution < 1.29 is 13.9 Å². The van der Waals surface area contributed by atoms with Crippen LogP contribution in [0.4, 0.5) is 4.39 Å². The van der Waals surface area contributed by atoms with E-state index in [4.69, 9.17) is 21.7 Å². The van der Waals surface area contributed by atoms with Crippen molar-refractivity contribution in [3.05, 3.63) is 94.8 Å². The van der Waals surface area contributed by atoms with Gasteiger partial charge >= 0.3 is 0 Å². The zero-order chi connectivity index (χ0) is 21.3. The van der Waals surface area contributed by atoms with Crippen LogP contribution in [0, 0.1) is 5.82 Å². The lowest BCUT2D eigenvalue weighted by Crippen LogP contribution is -2.21. The zero-order valence-electron chi connectivity index (χ0n) is 17.3. The summed E-state index contributed by atoms with van der Waals surface area (Å²) in [6.07, 6.45) is 1.03. The normalized spacial score (nSPS) is 10.5. The Morgan fingerprint density at radius 3 is 2.17 bits per heavy atom. The van der Waals surface area contributed by atoms with Gasteiger partial charge in [0, 0.05) is 12.1 Å². The summed E-state index contributed by atoms with van der Waals surface area (Å²) in [5, 5.41) is 3.30. The monoisotopic (exact) mass is 423 g/mol. The molecular formula is C25H26FNO2S. The van der Waals surface area contributed by atoms with Crippen LogP contribution in [0.15, 0.2) is 66.7 Å². The molecule has 0 unspecified atom stereocenters. The highest BCUT2D eigenvalue weighted by Crippen LogP contribution is 2.29. The van der Waals surface area contributed by atoms with Crippen LogP contribution in [0.3, 0.4) is 0 Å². The highest BCUT2D eigenvalue weighted by atomic mass is 32.1. The average molecular weight is 424 g/mol. The first-order valence-electron chi connectivity index (χ1n) is 10.1. The van der Waals surface area contributed by atoms with E-state index in [0.29, 0.717) is 36.2 Å². The maximum absolute atomic E-state index is 13.1. The maximum Gasteiger partial charge on any atom is 0.161 e. The van der Waals surface area contributed by atoms with E-state index in [1.807, 2.05) is 25.1 Å². The van der Waals surface area contributed by atoms with Crippen LogP contribution in [0.25, 0.3) is 0 Å². The van der Waals surface area contributed by atoms with Gasteiger partial charge in [-0.3, -0.25) is 0 Å². The lowest BCUT2D eigenvalue weighted by atomic mass is 10.1. The zero-order valence-corrected chi connectivity index (χ0v) is 18.1. The van der Waals surface area contributed by atoms with Gasteiger partial charge in [0.05, 0.1) is 6.61 Å². The van der Waals surface area contributed by atoms with Crippen LogP contribution < -0.4 is 14.8 Å². The number of hydrogen-bond acceptors (Lipinski definition) is 3. The summed E-state index contributed by atoms with van der Waals surface area (Å²) in [7, 11) is 0. The molecule has 0 radical (unpaired) electrons. The summed E-state index contributed by atoms with van der Waals surface area (Å²) < 4.78 is 24.7. The quantitative estimate of drug-likeness (QED) is 0.439. The molecule has 3 rings (SSSR count). The van der Waals surface area contributed by atoms with E-state index in [1.54, 1.807) is 12.1 Å². The smallest absolute Gasteiger partial charge is 0.161 e. The SMILES string of the molecule is CCOc1cc(C(=S)NCc2ccc(CC)cc2)ccc1OCc1ccc(F)cc1. The minimum Gasteiger partial charge on any atom is -0.490 e. The van der Waals surface area contributed by atoms with E-state index in [-0.39, 0.29) is 5.82 Å². The molecule has 3 aromatic rings. The fourth-order valence-corrected chi connectivity index (χ4v) is 3.15. The third-order valence-corrected chi connectivity index (χ3v) is 5.08. The van der Waals surface area contributed by atoms with Crippen molar-refractivity contribution in [2.75, 3.05) is 6.61 Å². The number of rotatable bonds is 9. The van der Waals surface area contributed by atoms with Crippen LogP contribution in [0.1, 0.15) is 36.1 Å². The van der Waals surface area contributed by atoms with Gasteiger partial charge in [-0.15, -0.1) is 0 Å². The molecule has 0 amide bonds. The third kappa shape index (κ3) is 6.04. The Bertz CT molecular complexity index is 971. The number of benzene rings is 3. The van der Waals surface area contributed by atoms with E-state index in [9.17, 15) is 4.39 Å². The molecule has 0 spiro atoms. The van der Waals surface area contributed by atoms with Crippen molar-refractivity contribution in [3.8, 4) is 11.5 Å². The number of ether oxygens (including phenoxy) is 2. The van der Waals surface area contributed by atoms with E-state index in [0.717, 1.165) is 17.5 Å². The standard InChI is InChI=1S/C25H26FNO2S/c1-3-18-5-7-19(8-6-18)16-27-25(30)21-11-14-23(24(15-21)28-4-2)29-17-20-9-12-22(26)13-10-20/h5-15H,3-4,16-17H2,1-2H3,(H,27,30). The minimum atomic E-state index is -0.263. The second-order valence-corrected chi connectivity index (χ2v) is 7.27. The summed E-state index contributed by atoms with van der Waals surface area (Å²) in [6, 6.07) is 20.4. The van der Waals surface area contributed by atoms with Gasteiger partial charge in [0.25, 0.3) is 0 Å². The average Bonchev–Trinajstić information content (AvgIpc) is 2.78. The molecule has 0 aliphatic rings. The fourth-order valence-electron chi connectivity index (χ4n) is 2.96. The predicted molar refractivity (Wildman–Crippen MR) is 123 cm³/mol. The number of halogens is 1. The summed E-state index contributed by atoms with van der Waals surface area (Å²) >= 11 is 5.57. The number of hydrogen-bond donors (Lipinski definition) is 1. The summed E-state index contributed by atoms with van der Waals surface area (Å²) in [4.78, 5) is 0.653. The Morgan fingerprint density at radius 1 is 0.833 bits per heavy atom. The second kappa shape index (κ2) is 10.7. The van der Waals surface area contributed by atoms with Crippen molar-refractivity contribution in [2.45, 2.75) is 33.4 Å². The molecule has 0 fully saturated rings. The van der Waals surface area contributed by atoms with Crippen LogP contribution in [0.5, 0.6) is 11.5 Å². The minimum absolute atomic E-state index is 0.263. The Labute approximate surface area is 182 Å². The maximum atomic E-state index is 13.1. The van der Waals surface area contributed by atoms with E-state index >= 15 is 0 Å². The molecule has 0 aromatic heterocycles. The molecule has 0 saturated heterocycles. The van der Waals surface area contributed by atoms with Crippen LogP contribution in [0.2, 0.25) is 0 Å². The van der Waals surface area contributed by atoms with Crippen LogP contribution in [-0.2, 0) is 19.6 Å². The first-order chi connectivity index (χ1) is 14.6. The lowest BCUT2D eigenvalue weighted by Gasteiger charge is -2.15. The van der Waals surface area contributed by atoms with Crippen molar-refractivity contribution >= 4 is 17.2 Å². The van der Waals surface area contributed by atoms with Gasteiger partial charge in [0.2, 0.25) is 0 Å². The van der Waals surface area contributed by atoms with Gasteiger partial charge < -0.3 is 14.8 Å². The molecule has 3 aromatic carbocycles. The molecule has 0 saturated carbocycles. The second-order valence-electron chi connectivity index (χ2n) is 6.86. The Morgan fingerprint density at radius 2 is 1.50 bits per heavy atom. The first-order valence-corrected chi connectivity index (χ1v) is 10.5. The predicted octanol–water partition coefficient (Wildman–Crippen LogP) is 5.83. The van der Waals surface area contributed by atoms with Gasteiger partial charge in [-0.2, -0.15) is 0 Å². The van der Waals surface area contributed by atoms with Gasteiger partial charge in [0.15, 0.2) is 11.5 Å². The van der Waals surface area contributed by atoms with Crippen molar-refractivity contribution in [3.63, 3.8) is 0 Å². The summed E-state index contributed by atoms with van der Waals surface area (Å²) in [5.74, 6) is 0.997. The largest absolute Gasteiger partial charge is 0.490 e. The van der Waals surface area contributed by atoms with Crippen molar-refractivity contribution in [2.24, 2.45) is 0 Å². The number of nitrogens with one attached hydrogen (secondary N) is 1. The first kappa shape index (κ1) is 21.8. The molecule has 5 heteroatoms. The molecule has 0 aliphatic carbocycles. The molecule has 0 aliphatic heterocycles. The van der Waals surface area contributed by atoms with E-state index < -0.39 is 0 Å². The fraction of sp³-hybridized carbons (Fsp3) is 0.240. The van der Waals surface area contributed by atoms with Crippen LogP contribution in [-0.4, -0.2) is 11.6 Å². The van der Waals surface area contributed by atoms with Crippen LogP contribution >= 0.6 is 12.2 Å². The van der Waals surface area contributed by atoms with Crippen molar-refractivity contribution in [1.82, 2.24) is 5.32 Å². The lowest BCUT2D eigenvalue weighted by molar-refractivity contribution is 0.269. The Balaban J connectivity index is 1.64. The molecule has 1 N–H and O–H groups in total. The van der Waals surface area contributed by atoms with E-state index in [2.05, 4.69) is 36.5 Å². The summed E-state index contributed by atoms with van der Waals surface area (Å²) in [5.41, 5.74) is 4.25. The molecule has 0 atom stereocenters.